The fraction of sp³-hybridized carbons (Fsp3) is 0.438. The maximum atomic E-state index is 5.92. The van der Waals surface area contributed by atoms with Crippen LogP contribution in [0.25, 0.3) is 0 Å². The van der Waals surface area contributed by atoms with E-state index in [0.717, 1.165) is 30.2 Å². The quantitative estimate of drug-likeness (QED) is 0.750. The molecule has 0 saturated carbocycles. The third kappa shape index (κ3) is 5.73. The lowest BCUT2D eigenvalue weighted by atomic mass is 10.1. The standard InChI is InChI=1S/C16H22ClN3S/c1-3-8-18-15(9-13-10-19-20(2)11-13)12-21-16-6-4-14(17)5-7-16/h4-7,10-11,15,18H,3,8-9,12H2,1-2H3. The summed E-state index contributed by atoms with van der Waals surface area (Å²) in [6.07, 6.45) is 6.20. The summed E-state index contributed by atoms with van der Waals surface area (Å²) < 4.78 is 1.86. The molecule has 2 aromatic rings. The SMILES string of the molecule is CCCNC(CSc1ccc(Cl)cc1)Cc1cnn(C)c1. The Bertz CT molecular complexity index is 539. The zero-order valence-corrected chi connectivity index (χ0v) is 14.1. The molecule has 21 heavy (non-hydrogen) atoms. The third-order valence-electron chi connectivity index (χ3n) is 3.19. The van der Waals surface area contributed by atoms with E-state index in [9.17, 15) is 0 Å². The molecule has 0 spiro atoms. The third-order valence-corrected chi connectivity index (χ3v) is 4.61. The maximum absolute atomic E-state index is 5.92. The minimum Gasteiger partial charge on any atom is -0.313 e. The van der Waals surface area contributed by atoms with Crippen molar-refractivity contribution in [2.24, 2.45) is 7.05 Å². The molecule has 1 atom stereocenters. The molecule has 0 amide bonds. The molecule has 2 rings (SSSR count). The van der Waals surface area contributed by atoms with E-state index in [-0.39, 0.29) is 0 Å². The second-order valence-electron chi connectivity index (χ2n) is 5.14. The number of thioether (sulfide) groups is 1. The molecule has 1 aromatic carbocycles. The van der Waals surface area contributed by atoms with E-state index in [1.165, 1.54) is 10.5 Å². The predicted octanol–water partition coefficient (Wildman–Crippen LogP) is 3.78. The van der Waals surface area contributed by atoms with Gasteiger partial charge in [-0.15, -0.1) is 11.8 Å². The van der Waals surface area contributed by atoms with Gasteiger partial charge in [0.25, 0.3) is 0 Å². The molecule has 0 aliphatic carbocycles. The first-order valence-electron chi connectivity index (χ1n) is 7.26. The van der Waals surface area contributed by atoms with Crippen molar-refractivity contribution in [2.45, 2.75) is 30.7 Å². The van der Waals surface area contributed by atoms with Crippen LogP contribution in [0.2, 0.25) is 5.02 Å². The van der Waals surface area contributed by atoms with Crippen molar-refractivity contribution in [3.8, 4) is 0 Å². The van der Waals surface area contributed by atoms with Gasteiger partial charge in [-0.2, -0.15) is 5.10 Å². The Balaban J connectivity index is 1.90. The summed E-state index contributed by atoms with van der Waals surface area (Å²) in [6.45, 7) is 3.24. The average molecular weight is 324 g/mol. The smallest absolute Gasteiger partial charge is 0.0522 e. The van der Waals surface area contributed by atoms with Crippen LogP contribution in [0.4, 0.5) is 0 Å². The van der Waals surface area contributed by atoms with Crippen LogP contribution in [0.5, 0.6) is 0 Å². The van der Waals surface area contributed by atoms with Gasteiger partial charge in [0.2, 0.25) is 0 Å². The van der Waals surface area contributed by atoms with Crippen molar-refractivity contribution in [3.05, 3.63) is 47.2 Å². The maximum Gasteiger partial charge on any atom is 0.0522 e. The Kier molecular flexibility index (Phi) is 6.61. The molecule has 1 unspecified atom stereocenters. The van der Waals surface area contributed by atoms with Crippen LogP contribution in [-0.2, 0) is 13.5 Å². The Labute approximate surface area is 136 Å². The first kappa shape index (κ1) is 16.4. The molecule has 0 aliphatic rings. The van der Waals surface area contributed by atoms with E-state index in [1.807, 2.05) is 41.8 Å². The summed E-state index contributed by atoms with van der Waals surface area (Å²) in [5.41, 5.74) is 1.28. The Morgan fingerprint density at radius 3 is 2.71 bits per heavy atom. The molecule has 3 nitrogen and oxygen atoms in total. The lowest BCUT2D eigenvalue weighted by molar-refractivity contribution is 0.550. The highest BCUT2D eigenvalue weighted by molar-refractivity contribution is 7.99. The van der Waals surface area contributed by atoms with Gasteiger partial charge in [0.1, 0.15) is 0 Å². The van der Waals surface area contributed by atoms with Crippen LogP contribution >= 0.6 is 23.4 Å². The van der Waals surface area contributed by atoms with Crippen molar-refractivity contribution < 1.29 is 0 Å². The van der Waals surface area contributed by atoms with Crippen LogP contribution in [0.3, 0.4) is 0 Å². The molecule has 1 N–H and O–H groups in total. The normalized spacial score (nSPS) is 12.5. The van der Waals surface area contributed by atoms with Crippen LogP contribution < -0.4 is 5.32 Å². The van der Waals surface area contributed by atoms with Gasteiger partial charge in [-0.25, -0.2) is 0 Å². The molecule has 0 aliphatic heterocycles. The second-order valence-corrected chi connectivity index (χ2v) is 6.67. The van der Waals surface area contributed by atoms with E-state index in [1.54, 1.807) is 0 Å². The second kappa shape index (κ2) is 8.47. The Morgan fingerprint density at radius 2 is 2.10 bits per heavy atom. The topological polar surface area (TPSA) is 29.9 Å². The summed E-state index contributed by atoms with van der Waals surface area (Å²) in [5, 5.41) is 8.66. The van der Waals surface area contributed by atoms with Crippen LogP contribution in [-0.4, -0.2) is 28.1 Å². The first-order valence-corrected chi connectivity index (χ1v) is 8.63. The van der Waals surface area contributed by atoms with Crippen molar-refractivity contribution in [1.29, 1.82) is 0 Å². The monoisotopic (exact) mass is 323 g/mol. The molecule has 0 saturated heterocycles. The number of hydrogen-bond acceptors (Lipinski definition) is 3. The molecule has 0 fully saturated rings. The van der Waals surface area contributed by atoms with Crippen LogP contribution in [0.1, 0.15) is 18.9 Å². The molecular weight excluding hydrogens is 302 g/mol. The van der Waals surface area contributed by atoms with Crippen molar-refractivity contribution in [3.63, 3.8) is 0 Å². The lowest BCUT2D eigenvalue weighted by Crippen LogP contribution is -2.33. The van der Waals surface area contributed by atoms with Crippen LogP contribution in [0, 0.1) is 0 Å². The first-order chi connectivity index (χ1) is 10.2. The molecule has 0 radical (unpaired) electrons. The highest BCUT2D eigenvalue weighted by Gasteiger charge is 2.11. The van der Waals surface area contributed by atoms with Gasteiger partial charge in [-0.3, -0.25) is 4.68 Å². The number of halogens is 1. The summed E-state index contributed by atoms with van der Waals surface area (Å²) >= 11 is 7.79. The van der Waals surface area contributed by atoms with E-state index >= 15 is 0 Å². The number of aryl methyl sites for hydroxylation is 1. The Hall–Kier alpha value is -0.970. The Morgan fingerprint density at radius 1 is 1.33 bits per heavy atom. The number of nitrogens with zero attached hydrogens (tertiary/aromatic N) is 2. The molecule has 1 heterocycles. The van der Waals surface area contributed by atoms with Gasteiger partial charge >= 0.3 is 0 Å². The van der Waals surface area contributed by atoms with Crippen molar-refractivity contribution >= 4 is 23.4 Å². The van der Waals surface area contributed by atoms with Crippen molar-refractivity contribution in [1.82, 2.24) is 15.1 Å². The minimum absolute atomic E-state index is 0.454. The van der Waals surface area contributed by atoms with Gasteiger partial charge < -0.3 is 5.32 Å². The van der Waals surface area contributed by atoms with Crippen LogP contribution in [0.15, 0.2) is 41.6 Å². The van der Waals surface area contributed by atoms with Gasteiger partial charge in [0, 0.05) is 35.0 Å². The summed E-state index contributed by atoms with van der Waals surface area (Å²) in [6, 6.07) is 8.50. The molecule has 0 bridgehead atoms. The number of nitrogens with one attached hydrogen (secondary N) is 1. The molecule has 1 aromatic heterocycles. The highest BCUT2D eigenvalue weighted by Crippen LogP contribution is 2.21. The number of benzene rings is 1. The van der Waals surface area contributed by atoms with Crippen molar-refractivity contribution in [2.75, 3.05) is 12.3 Å². The van der Waals surface area contributed by atoms with E-state index in [4.69, 9.17) is 11.6 Å². The number of rotatable bonds is 8. The van der Waals surface area contributed by atoms with Gasteiger partial charge in [0.05, 0.1) is 6.20 Å². The van der Waals surface area contributed by atoms with E-state index in [0.29, 0.717) is 6.04 Å². The van der Waals surface area contributed by atoms with E-state index in [2.05, 4.69) is 35.7 Å². The average Bonchev–Trinajstić information content (AvgIpc) is 2.89. The summed E-state index contributed by atoms with van der Waals surface area (Å²) in [7, 11) is 1.96. The molecule has 114 valence electrons. The molecule has 5 heteroatoms. The fourth-order valence-corrected chi connectivity index (χ4v) is 3.21. The predicted molar refractivity (Wildman–Crippen MR) is 91.2 cm³/mol. The fourth-order valence-electron chi connectivity index (χ4n) is 2.13. The zero-order valence-electron chi connectivity index (χ0n) is 12.6. The van der Waals surface area contributed by atoms with E-state index < -0.39 is 0 Å². The summed E-state index contributed by atoms with van der Waals surface area (Å²) in [5.74, 6) is 1.04. The van der Waals surface area contributed by atoms with Gasteiger partial charge in [0.15, 0.2) is 0 Å². The minimum atomic E-state index is 0.454. The number of aromatic nitrogens is 2. The molecular formula is C16H22ClN3S. The number of hydrogen-bond donors (Lipinski definition) is 1. The van der Waals surface area contributed by atoms with Gasteiger partial charge in [-0.1, -0.05) is 18.5 Å². The highest BCUT2D eigenvalue weighted by atomic mass is 35.5. The lowest BCUT2D eigenvalue weighted by Gasteiger charge is -2.17. The zero-order chi connectivity index (χ0) is 15.1. The largest absolute Gasteiger partial charge is 0.313 e. The summed E-state index contributed by atoms with van der Waals surface area (Å²) in [4.78, 5) is 1.26. The van der Waals surface area contributed by atoms with Gasteiger partial charge in [-0.05, 0) is 49.2 Å².